The van der Waals surface area contributed by atoms with Crippen LogP contribution >= 0.6 is 23.8 Å². The van der Waals surface area contributed by atoms with Crippen molar-refractivity contribution < 1.29 is 4.39 Å². The normalized spacial score (nSPS) is 10.1. The van der Waals surface area contributed by atoms with E-state index < -0.39 is 0 Å². The van der Waals surface area contributed by atoms with Gasteiger partial charge in [-0.15, -0.1) is 0 Å². The molecule has 0 spiro atoms. The minimum Gasteiger partial charge on any atom is -0.332 e. The molecule has 0 atom stereocenters. The van der Waals surface area contributed by atoms with Gasteiger partial charge in [0, 0.05) is 5.69 Å². The maximum atomic E-state index is 12.9. The third-order valence-electron chi connectivity index (χ3n) is 2.49. The Balaban J connectivity index is 2.03. The van der Waals surface area contributed by atoms with Crippen LogP contribution in [0.2, 0.25) is 5.02 Å². The molecular weight excluding hydrogens is 283 g/mol. The highest BCUT2D eigenvalue weighted by Gasteiger charge is 2.04. The summed E-state index contributed by atoms with van der Waals surface area (Å²) in [4.78, 5) is 0. The zero-order valence-electron chi connectivity index (χ0n) is 10.2. The molecule has 0 aliphatic heterocycles. The van der Waals surface area contributed by atoms with Gasteiger partial charge in [0.1, 0.15) is 5.82 Å². The van der Waals surface area contributed by atoms with Crippen LogP contribution in [0.5, 0.6) is 0 Å². The van der Waals surface area contributed by atoms with Crippen LogP contribution in [0.4, 0.5) is 15.8 Å². The molecule has 0 bridgehead atoms. The Morgan fingerprint density at radius 3 is 2.42 bits per heavy atom. The van der Waals surface area contributed by atoms with Crippen LogP contribution in [0.25, 0.3) is 0 Å². The van der Waals surface area contributed by atoms with Crippen molar-refractivity contribution in [3.8, 4) is 0 Å². The molecule has 0 aliphatic carbocycles. The first-order valence-electron chi connectivity index (χ1n) is 5.64. The molecule has 0 aromatic heterocycles. The third-order valence-corrected chi connectivity index (χ3v) is 3.01. The molecule has 0 heterocycles. The van der Waals surface area contributed by atoms with Gasteiger partial charge >= 0.3 is 0 Å². The lowest BCUT2D eigenvalue weighted by atomic mass is 10.2. The van der Waals surface area contributed by atoms with Crippen molar-refractivity contribution in [2.45, 2.75) is 6.92 Å². The average Bonchev–Trinajstić information content (AvgIpc) is 2.36. The van der Waals surface area contributed by atoms with Crippen LogP contribution in [0, 0.1) is 12.7 Å². The van der Waals surface area contributed by atoms with Crippen LogP contribution in [0.3, 0.4) is 0 Å². The third kappa shape index (κ3) is 3.91. The van der Waals surface area contributed by atoms with Gasteiger partial charge in [-0.25, -0.2) is 4.39 Å². The summed E-state index contributed by atoms with van der Waals surface area (Å²) in [7, 11) is 0. The summed E-state index contributed by atoms with van der Waals surface area (Å²) in [6.45, 7) is 2.01. The van der Waals surface area contributed by atoms with Crippen LogP contribution in [-0.4, -0.2) is 5.11 Å². The van der Waals surface area contributed by atoms with Gasteiger partial charge in [-0.2, -0.15) is 0 Å². The van der Waals surface area contributed by atoms with Crippen LogP contribution in [-0.2, 0) is 0 Å². The fourth-order valence-electron chi connectivity index (χ4n) is 1.51. The van der Waals surface area contributed by atoms with Gasteiger partial charge in [-0.1, -0.05) is 29.3 Å². The molecule has 0 saturated heterocycles. The minimum absolute atomic E-state index is 0.285. The SMILES string of the molecule is Cc1ccc(NC(=S)Nc2ccc(F)cc2Cl)cc1. The first kappa shape index (κ1) is 13.8. The number of hydrogen-bond acceptors (Lipinski definition) is 1. The Hall–Kier alpha value is -1.65. The maximum absolute atomic E-state index is 12.9. The molecule has 5 heteroatoms. The Bertz CT molecular complexity index is 599. The van der Waals surface area contributed by atoms with E-state index in [0.29, 0.717) is 10.8 Å². The number of thiocarbonyl (C=S) groups is 1. The Morgan fingerprint density at radius 1 is 1.11 bits per heavy atom. The molecule has 0 aliphatic rings. The molecule has 2 N–H and O–H groups in total. The molecule has 0 unspecified atom stereocenters. The number of halogens is 2. The summed E-state index contributed by atoms with van der Waals surface area (Å²) in [6.07, 6.45) is 0. The summed E-state index contributed by atoms with van der Waals surface area (Å²) in [5.74, 6) is -0.382. The van der Waals surface area contributed by atoms with Crippen molar-refractivity contribution in [2.24, 2.45) is 0 Å². The van der Waals surface area contributed by atoms with Gasteiger partial charge in [0.05, 0.1) is 10.7 Å². The summed E-state index contributed by atoms with van der Waals surface area (Å²) >= 11 is 11.1. The monoisotopic (exact) mass is 294 g/mol. The molecule has 2 rings (SSSR count). The molecule has 0 saturated carbocycles. The second-order valence-electron chi connectivity index (χ2n) is 4.07. The molecule has 2 aromatic carbocycles. The molecule has 98 valence electrons. The molecule has 0 amide bonds. The molecule has 0 fully saturated rings. The first-order chi connectivity index (χ1) is 9.04. The first-order valence-corrected chi connectivity index (χ1v) is 6.43. The second-order valence-corrected chi connectivity index (χ2v) is 4.88. The van der Waals surface area contributed by atoms with Crippen molar-refractivity contribution >= 4 is 40.3 Å². The number of benzene rings is 2. The number of anilines is 2. The van der Waals surface area contributed by atoms with Gasteiger partial charge in [0.25, 0.3) is 0 Å². The highest BCUT2D eigenvalue weighted by atomic mass is 35.5. The van der Waals surface area contributed by atoms with E-state index in [1.165, 1.54) is 17.7 Å². The highest BCUT2D eigenvalue weighted by molar-refractivity contribution is 7.80. The summed E-state index contributed by atoms with van der Waals surface area (Å²) in [5, 5.41) is 6.64. The largest absolute Gasteiger partial charge is 0.332 e. The fourth-order valence-corrected chi connectivity index (χ4v) is 1.95. The van der Waals surface area contributed by atoms with Gasteiger partial charge in [-0.3, -0.25) is 0 Å². The standard InChI is InChI=1S/C14H12ClFN2S/c1-9-2-5-11(6-3-9)17-14(19)18-13-7-4-10(16)8-12(13)15/h2-8H,1H3,(H2,17,18,19). The topological polar surface area (TPSA) is 24.1 Å². The summed E-state index contributed by atoms with van der Waals surface area (Å²) in [6, 6.07) is 11.9. The van der Waals surface area contributed by atoms with E-state index in [2.05, 4.69) is 10.6 Å². The lowest BCUT2D eigenvalue weighted by Crippen LogP contribution is -2.19. The molecule has 2 aromatic rings. The molecule has 0 radical (unpaired) electrons. The molecular formula is C14H12ClFN2S. The highest BCUT2D eigenvalue weighted by Crippen LogP contribution is 2.22. The number of rotatable bonds is 2. The fraction of sp³-hybridized carbons (Fsp3) is 0.0714. The van der Waals surface area contributed by atoms with Crippen molar-refractivity contribution in [3.63, 3.8) is 0 Å². The van der Waals surface area contributed by atoms with E-state index in [0.717, 1.165) is 5.69 Å². The predicted octanol–water partition coefficient (Wildman–Crippen LogP) is 4.60. The quantitative estimate of drug-likeness (QED) is 0.792. The summed E-state index contributed by atoms with van der Waals surface area (Å²) in [5.41, 5.74) is 2.61. The molecule has 19 heavy (non-hydrogen) atoms. The second kappa shape index (κ2) is 5.99. The minimum atomic E-state index is -0.382. The average molecular weight is 295 g/mol. The van der Waals surface area contributed by atoms with Gasteiger partial charge < -0.3 is 10.6 Å². The Labute approximate surface area is 121 Å². The van der Waals surface area contributed by atoms with Gasteiger partial charge in [-0.05, 0) is 49.5 Å². The van der Waals surface area contributed by atoms with E-state index in [9.17, 15) is 4.39 Å². The van der Waals surface area contributed by atoms with Crippen molar-refractivity contribution in [3.05, 3.63) is 58.9 Å². The number of nitrogens with one attached hydrogen (secondary N) is 2. The van der Waals surface area contributed by atoms with Gasteiger partial charge in [0.2, 0.25) is 0 Å². The van der Waals surface area contributed by atoms with E-state index in [1.54, 1.807) is 6.07 Å². The van der Waals surface area contributed by atoms with Crippen LogP contribution < -0.4 is 10.6 Å². The number of hydrogen-bond donors (Lipinski definition) is 2. The van der Waals surface area contributed by atoms with E-state index in [4.69, 9.17) is 23.8 Å². The molecule has 2 nitrogen and oxygen atoms in total. The van der Waals surface area contributed by atoms with Gasteiger partial charge in [0.15, 0.2) is 5.11 Å². The lowest BCUT2D eigenvalue weighted by molar-refractivity contribution is 0.628. The van der Waals surface area contributed by atoms with E-state index >= 15 is 0 Å². The predicted molar refractivity (Wildman–Crippen MR) is 82.4 cm³/mol. The van der Waals surface area contributed by atoms with Crippen molar-refractivity contribution in [2.75, 3.05) is 10.6 Å². The smallest absolute Gasteiger partial charge is 0.175 e. The van der Waals surface area contributed by atoms with Crippen molar-refractivity contribution in [1.29, 1.82) is 0 Å². The zero-order chi connectivity index (χ0) is 13.8. The summed E-state index contributed by atoms with van der Waals surface area (Å²) < 4.78 is 12.9. The Morgan fingerprint density at radius 2 is 1.79 bits per heavy atom. The van der Waals surface area contributed by atoms with Crippen LogP contribution in [0.15, 0.2) is 42.5 Å². The zero-order valence-corrected chi connectivity index (χ0v) is 11.8. The van der Waals surface area contributed by atoms with Crippen molar-refractivity contribution in [1.82, 2.24) is 0 Å². The van der Waals surface area contributed by atoms with Crippen LogP contribution in [0.1, 0.15) is 5.56 Å². The number of aryl methyl sites for hydroxylation is 1. The van der Waals surface area contributed by atoms with E-state index in [-0.39, 0.29) is 10.8 Å². The Kier molecular flexibility index (Phi) is 4.35. The maximum Gasteiger partial charge on any atom is 0.175 e. The lowest BCUT2D eigenvalue weighted by Gasteiger charge is -2.11. The van der Waals surface area contributed by atoms with E-state index in [1.807, 2.05) is 31.2 Å².